The van der Waals surface area contributed by atoms with Crippen LogP contribution < -0.4 is 19.5 Å². The normalized spacial score (nSPS) is 21.8. The average Bonchev–Trinajstić information content (AvgIpc) is 2.76. The first-order valence-corrected chi connectivity index (χ1v) is 5.19. The first-order chi connectivity index (χ1) is 7.81. The summed E-state index contributed by atoms with van der Waals surface area (Å²) in [6, 6.07) is 1.89. The van der Waals surface area contributed by atoms with Crippen LogP contribution in [0.25, 0.3) is 0 Å². The summed E-state index contributed by atoms with van der Waals surface area (Å²) < 4.78 is 16.0. The van der Waals surface area contributed by atoms with Crippen molar-refractivity contribution < 1.29 is 19.3 Å². The van der Waals surface area contributed by atoms with Crippen molar-refractivity contribution in [1.29, 1.82) is 0 Å². The van der Waals surface area contributed by atoms with Crippen LogP contribution in [0.1, 0.15) is 17.2 Å². The van der Waals surface area contributed by atoms with Gasteiger partial charge in [0.1, 0.15) is 0 Å². The molecule has 16 heavy (non-hydrogen) atoms. The highest BCUT2D eigenvalue weighted by molar-refractivity contribution is 5.61. The molecule has 2 aliphatic heterocycles. The molecule has 3 rings (SSSR count). The molecule has 2 N–H and O–H groups in total. The lowest BCUT2D eigenvalue weighted by atomic mass is 9.96. The number of hydrogen-bond acceptors (Lipinski definition) is 5. The van der Waals surface area contributed by atoms with Gasteiger partial charge in [0, 0.05) is 18.7 Å². The zero-order valence-corrected chi connectivity index (χ0v) is 8.95. The van der Waals surface area contributed by atoms with Crippen molar-refractivity contribution in [1.82, 2.24) is 5.32 Å². The first kappa shape index (κ1) is 9.74. The van der Waals surface area contributed by atoms with Gasteiger partial charge in [-0.1, -0.05) is 0 Å². The number of β-amino-alcohol motifs (C(OH)–C–C–N with tert-alkyl or cyclic N) is 1. The third-order valence-electron chi connectivity index (χ3n) is 2.94. The number of rotatable bonds is 1. The summed E-state index contributed by atoms with van der Waals surface area (Å²) in [6.45, 7) is 1.43. The second-order valence-corrected chi connectivity index (χ2v) is 3.86. The molecule has 1 atom stereocenters. The molecule has 86 valence electrons. The van der Waals surface area contributed by atoms with Crippen molar-refractivity contribution in [3.05, 3.63) is 17.2 Å². The largest absolute Gasteiger partial charge is 0.493 e. The van der Waals surface area contributed by atoms with Crippen molar-refractivity contribution >= 4 is 0 Å². The SMILES string of the molecule is COc1cc2c(c3c1OCO3)[C@@H](O)CNC2. The Morgan fingerprint density at radius 3 is 3.06 bits per heavy atom. The lowest BCUT2D eigenvalue weighted by molar-refractivity contribution is 0.149. The van der Waals surface area contributed by atoms with E-state index >= 15 is 0 Å². The predicted molar refractivity (Wildman–Crippen MR) is 55.8 cm³/mol. The van der Waals surface area contributed by atoms with Crippen LogP contribution in [0.15, 0.2) is 6.07 Å². The van der Waals surface area contributed by atoms with E-state index in [1.165, 1.54) is 0 Å². The minimum atomic E-state index is -0.551. The van der Waals surface area contributed by atoms with Crippen LogP contribution >= 0.6 is 0 Å². The van der Waals surface area contributed by atoms with Crippen molar-refractivity contribution in [3.8, 4) is 17.2 Å². The van der Waals surface area contributed by atoms with Gasteiger partial charge in [-0.2, -0.15) is 0 Å². The summed E-state index contributed by atoms with van der Waals surface area (Å²) in [5, 5.41) is 13.1. The van der Waals surface area contributed by atoms with Crippen molar-refractivity contribution in [2.24, 2.45) is 0 Å². The third kappa shape index (κ3) is 1.25. The van der Waals surface area contributed by atoms with Gasteiger partial charge in [-0.3, -0.25) is 0 Å². The Labute approximate surface area is 92.9 Å². The first-order valence-electron chi connectivity index (χ1n) is 5.19. The fourth-order valence-corrected chi connectivity index (χ4v) is 2.22. The fourth-order valence-electron chi connectivity index (χ4n) is 2.22. The van der Waals surface area contributed by atoms with Crippen LogP contribution in [0.4, 0.5) is 0 Å². The third-order valence-corrected chi connectivity index (χ3v) is 2.94. The molecular formula is C11H13NO4. The Balaban J connectivity index is 2.21. The highest BCUT2D eigenvalue weighted by atomic mass is 16.7. The molecule has 0 aliphatic carbocycles. The van der Waals surface area contributed by atoms with Crippen molar-refractivity contribution in [2.45, 2.75) is 12.6 Å². The second kappa shape index (κ2) is 3.54. The van der Waals surface area contributed by atoms with E-state index in [0.29, 0.717) is 30.3 Å². The lowest BCUT2D eigenvalue weighted by Gasteiger charge is -2.24. The minimum Gasteiger partial charge on any atom is -0.493 e. The van der Waals surface area contributed by atoms with Gasteiger partial charge < -0.3 is 24.6 Å². The van der Waals surface area contributed by atoms with Crippen LogP contribution in [0, 0.1) is 0 Å². The second-order valence-electron chi connectivity index (χ2n) is 3.86. The zero-order valence-electron chi connectivity index (χ0n) is 8.95. The molecule has 0 aromatic heterocycles. The smallest absolute Gasteiger partial charge is 0.231 e. The van der Waals surface area contributed by atoms with Gasteiger partial charge in [-0.25, -0.2) is 0 Å². The van der Waals surface area contributed by atoms with E-state index < -0.39 is 6.10 Å². The maximum Gasteiger partial charge on any atom is 0.231 e. The van der Waals surface area contributed by atoms with Gasteiger partial charge in [-0.15, -0.1) is 0 Å². The summed E-state index contributed by atoms with van der Waals surface area (Å²) in [4.78, 5) is 0. The molecule has 0 saturated carbocycles. The van der Waals surface area contributed by atoms with E-state index in [1.54, 1.807) is 7.11 Å². The number of aliphatic hydroxyl groups is 1. The fraction of sp³-hybridized carbons (Fsp3) is 0.455. The van der Waals surface area contributed by atoms with Crippen LogP contribution in [-0.4, -0.2) is 25.6 Å². The molecule has 2 heterocycles. The number of nitrogens with one attached hydrogen (secondary N) is 1. The van der Waals surface area contributed by atoms with Crippen LogP contribution in [-0.2, 0) is 6.54 Å². The Kier molecular flexibility index (Phi) is 2.15. The van der Waals surface area contributed by atoms with Gasteiger partial charge in [0.15, 0.2) is 11.5 Å². The molecule has 1 aromatic carbocycles. The van der Waals surface area contributed by atoms with Crippen LogP contribution in [0.2, 0.25) is 0 Å². The molecule has 1 aromatic rings. The van der Waals surface area contributed by atoms with Gasteiger partial charge in [0.25, 0.3) is 0 Å². The molecule has 0 fully saturated rings. The van der Waals surface area contributed by atoms with Gasteiger partial charge >= 0.3 is 0 Å². The average molecular weight is 223 g/mol. The van der Waals surface area contributed by atoms with Crippen LogP contribution in [0.5, 0.6) is 17.2 Å². The van der Waals surface area contributed by atoms with E-state index in [1.807, 2.05) is 6.07 Å². The van der Waals surface area contributed by atoms with Crippen molar-refractivity contribution in [3.63, 3.8) is 0 Å². The van der Waals surface area contributed by atoms with E-state index in [-0.39, 0.29) is 6.79 Å². The highest BCUT2D eigenvalue weighted by Crippen LogP contribution is 2.48. The number of methoxy groups -OCH3 is 1. The topological polar surface area (TPSA) is 60.0 Å². The molecule has 0 unspecified atom stereocenters. The summed E-state index contributed by atoms with van der Waals surface area (Å²) in [5.41, 5.74) is 1.83. The lowest BCUT2D eigenvalue weighted by Crippen LogP contribution is -2.28. The number of benzene rings is 1. The molecule has 0 radical (unpaired) electrons. The summed E-state index contributed by atoms with van der Waals surface area (Å²) >= 11 is 0. The molecule has 0 saturated heterocycles. The molecule has 5 heteroatoms. The number of hydrogen-bond donors (Lipinski definition) is 2. The van der Waals surface area contributed by atoms with Crippen LogP contribution in [0.3, 0.4) is 0 Å². The Morgan fingerprint density at radius 1 is 1.44 bits per heavy atom. The molecule has 0 amide bonds. The monoisotopic (exact) mass is 223 g/mol. The number of aliphatic hydroxyl groups excluding tert-OH is 1. The van der Waals surface area contributed by atoms with Crippen molar-refractivity contribution in [2.75, 3.05) is 20.4 Å². The molecule has 2 aliphatic rings. The van der Waals surface area contributed by atoms with E-state index in [9.17, 15) is 5.11 Å². The number of fused-ring (bicyclic) bond motifs is 3. The minimum absolute atomic E-state index is 0.183. The maximum absolute atomic E-state index is 9.95. The van der Waals surface area contributed by atoms with E-state index in [0.717, 1.165) is 11.1 Å². The van der Waals surface area contributed by atoms with Gasteiger partial charge in [-0.05, 0) is 11.6 Å². The number of ether oxygens (including phenoxy) is 3. The standard InChI is InChI=1S/C11H13NO4/c1-14-8-2-6-3-12-4-7(13)9(6)11-10(8)15-5-16-11/h2,7,12-13H,3-5H2,1H3/t7-/m0/s1. The van der Waals surface area contributed by atoms with Gasteiger partial charge in [0.2, 0.25) is 12.5 Å². The molecular weight excluding hydrogens is 210 g/mol. The van der Waals surface area contributed by atoms with Gasteiger partial charge in [0.05, 0.1) is 13.2 Å². The Bertz CT molecular complexity index is 432. The summed E-state index contributed by atoms with van der Waals surface area (Å²) in [5.74, 6) is 1.88. The molecule has 0 spiro atoms. The Morgan fingerprint density at radius 2 is 2.25 bits per heavy atom. The zero-order chi connectivity index (χ0) is 11.1. The highest BCUT2D eigenvalue weighted by Gasteiger charge is 2.31. The Hall–Kier alpha value is -1.46. The maximum atomic E-state index is 9.95. The van der Waals surface area contributed by atoms with E-state index in [2.05, 4.69) is 5.32 Å². The summed E-state index contributed by atoms with van der Waals surface area (Å²) in [7, 11) is 1.59. The quantitative estimate of drug-likeness (QED) is 0.728. The molecule has 5 nitrogen and oxygen atoms in total. The predicted octanol–water partition coefficient (Wildman–Crippen LogP) is 0.560. The summed E-state index contributed by atoms with van der Waals surface area (Å²) in [6.07, 6.45) is -0.551. The molecule has 0 bridgehead atoms. The van der Waals surface area contributed by atoms with E-state index in [4.69, 9.17) is 14.2 Å².